The zero-order chi connectivity index (χ0) is 20.5. The fraction of sp³-hybridized carbons (Fsp3) is 0.304. The predicted octanol–water partition coefficient (Wildman–Crippen LogP) is 5.58. The van der Waals surface area contributed by atoms with Gasteiger partial charge in [0.1, 0.15) is 0 Å². The van der Waals surface area contributed by atoms with E-state index in [1.165, 1.54) is 11.3 Å². The normalized spacial score (nSPS) is 10.4. The Kier molecular flexibility index (Phi) is 7.60. The van der Waals surface area contributed by atoms with Gasteiger partial charge in [-0.05, 0) is 30.7 Å². The largest absolute Gasteiger partial charge is 0.490 e. The molecule has 29 heavy (non-hydrogen) atoms. The SMILES string of the molecule is CCCCC#CCCOc1cccc(CC(=O)Nc2ccc3ncsc3c2)c1F. The van der Waals surface area contributed by atoms with Crippen LogP contribution < -0.4 is 10.1 Å². The van der Waals surface area contributed by atoms with Gasteiger partial charge in [0.05, 0.1) is 28.8 Å². The van der Waals surface area contributed by atoms with E-state index in [2.05, 4.69) is 29.1 Å². The molecule has 1 aromatic heterocycles. The molecule has 1 heterocycles. The second-order valence-electron chi connectivity index (χ2n) is 6.54. The van der Waals surface area contributed by atoms with Crippen LogP contribution >= 0.6 is 11.3 Å². The standard InChI is InChI=1S/C23H23FN2O2S/c1-2-3-4-5-6-7-13-28-20-10-8-9-17(23(20)24)14-22(27)26-18-11-12-19-21(15-18)29-16-25-19/h8-12,15-16H,2-4,7,13-14H2,1H3,(H,26,27). The van der Waals surface area contributed by atoms with Crippen molar-refractivity contribution >= 4 is 33.1 Å². The quantitative estimate of drug-likeness (QED) is 0.390. The summed E-state index contributed by atoms with van der Waals surface area (Å²) in [5.41, 5.74) is 3.61. The zero-order valence-corrected chi connectivity index (χ0v) is 17.2. The van der Waals surface area contributed by atoms with Gasteiger partial charge in [-0.3, -0.25) is 4.79 Å². The van der Waals surface area contributed by atoms with Gasteiger partial charge in [-0.25, -0.2) is 9.37 Å². The van der Waals surface area contributed by atoms with Crippen molar-refractivity contribution in [3.63, 3.8) is 0 Å². The second-order valence-corrected chi connectivity index (χ2v) is 7.43. The van der Waals surface area contributed by atoms with Crippen LogP contribution in [0.15, 0.2) is 41.9 Å². The molecule has 0 aliphatic heterocycles. The fourth-order valence-corrected chi connectivity index (χ4v) is 3.49. The number of ether oxygens (including phenoxy) is 1. The number of anilines is 1. The number of unbranched alkanes of at least 4 members (excludes halogenated alkanes) is 2. The van der Waals surface area contributed by atoms with Crippen LogP contribution in [0.1, 0.15) is 38.2 Å². The number of hydrogen-bond acceptors (Lipinski definition) is 4. The van der Waals surface area contributed by atoms with Gasteiger partial charge < -0.3 is 10.1 Å². The molecule has 0 saturated carbocycles. The fourth-order valence-electron chi connectivity index (χ4n) is 2.77. The summed E-state index contributed by atoms with van der Waals surface area (Å²) in [5, 5.41) is 2.81. The molecule has 0 aliphatic carbocycles. The van der Waals surface area contributed by atoms with E-state index in [0.29, 0.717) is 24.3 Å². The molecule has 0 fully saturated rings. The molecule has 1 amide bonds. The van der Waals surface area contributed by atoms with Gasteiger partial charge in [-0.2, -0.15) is 0 Å². The maximum atomic E-state index is 14.7. The molecule has 3 rings (SSSR count). The van der Waals surface area contributed by atoms with Crippen molar-refractivity contribution in [2.24, 2.45) is 0 Å². The lowest BCUT2D eigenvalue weighted by molar-refractivity contribution is -0.115. The molecule has 2 aromatic carbocycles. The van der Waals surface area contributed by atoms with Gasteiger partial charge in [-0.1, -0.05) is 31.4 Å². The van der Waals surface area contributed by atoms with Crippen molar-refractivity contribution in [2.45, 2.75) is 39.0 Å². The first-order valence-electron chi connectivity index (χ1n) is 9.66. The summed E-state index contributed by atoms with van der Waals surface area (Å²) >= 11 is 1.50. The lowest BCUT2D eigenvalue weighted by Gasteiger charge is -2.10. The van der Waals surface area contributed by atoms with E-state index in [1.807, 2.05) is 12.1 Å². The monoisotopic (exact) mass is 410 g/mol. The van der Waals surface area contributed by atoms with Crippen molar-refractivity contribution in [1.29, 1.82) is 0 Å². The lowest BCUT2D eigenvalue weighted by Crippen LogP contribution is -2.15. The molecule has 1 N–H and O–H groups in total. The summed E-state index contributed by atoms with van der Waals surface area (Å²) in [5.74, 6) is 5.47. The zero-order valence-electron chi connectivity index (χ0n) is 16.3. The summed E-state index contributed by atoms with van der Waals surface area (Å²) in [6.07, 6.45) is 3.57. The van der Waals surface area contributed by atoms with E-state index < -0.39 is 5.82 Å². The first-order valence-corrected chi connectivity index (χ1v) is 10.5. The van der Waals surface area contributed by atoms with E-state index in [-0.39, 0.29) is 18.1 Å². The Morgan fingerprint density at radius 2 is 2.10 bits per heavy atom. The van der Waals surface area contributed by atoms with Crippen LogP contribution in [0.3, 0.4) is 0 Å². The summed E-state index contributed by atoms with van der Waals surface area (Å²) in [7, 11) is 0. The van der Waals surface area contributed by atoms with Gasteiger partial charge in [0.25, 0.3) is 0 Å². The Balaban J connectivity index is 1.55. The lowest BCUT2D eigenvalue weighted by atomic mass is 10.1. The van der Waals surface area contributed by atoms with Gasteiger partial charge in [0.2, 0.25) is 5.91 Å². The third kappa shape index (κ3) is 6.03. The number of nitrogens with zero attached hydrogens (tertiary/aromatic N) is 1. The number of fused-ring (bicyclic) bond motifs is 1. The molecular weight excluding hydrogens is 387 g/mol. The third-order valence-corrected chi connectivity index (χ3v) is 5.07. The Labute approximate surface area is 174 Å². The molecule has 0 spiro atoms. The Morgan fingerprint density at radius 3 is 2.97 bits per heavy atom. The number of aromatic nitrogens is 1. The van der Waals surface area contributed by atoms with Crippen LogP contribution in [0, 0.1) is 17.7 Å². The number of amides is 1. The molecule has 0 saturated heterocycles. The minimum atomic E-state index is -0.500. The molecule has 150 valence electrons. The molecule has 0 aliphatic rings. The van der Waals surface area contributed by atoms with E-state index >= 15 is 0 Å². The van der Waals surface area contributed by atoms with Gasteiger partial charge in [0.15, 0.2) is 11.6 Å². The second kappa shape index (κ2) is 10.6. The molecule has 6 heteroatoms. The summed E-state index contributed by atoms with van der Waals surface area (Å²) in [6.45, 7) is 2.45. The molecule has 0 unspecified atom stereocenters. The van der Waals surface area contributed by atoms with Crippen LogP contribution in [0.5, 0.6) is 5.75 Å². The molecule has 0 atom stereocenters. The van der Waals surface area contributed by atoms with Crippen molar-refractivity contribution in [1.82, 2.24) is 4.98 Å². The van der Waals surface area contributed by atoms with Crippen LogP contribution in [0.2, 0.25) is 0 Å². The number of nitrogens with one attached hydrogen (secondary N) is 1. The van der Waals surface area contributed by atoms with Gasteiger partial charge in [-0.15, -0.1) is 17.3 Å². The van der Waals surface area contributed by atoms with E-state index in [9.17, 15) is 9.18 Å². The Hall–Kier alpha value is -2.91. The van der Waals surface area contributed by atoms with Gasteiger partial charge >= 0.3 is 0 Å². The number of carbonyl (C=O) groups is 1. The highest BCUT2D eigenvalue weighted by Gasteiger charge is 2.13. The summed E-state index contributed by atoms with van der Waals surface area (Å²) in [6, 6.07) is 10.4. The van der Waals surface area contributed by atoms with Crippen LogP contribution in [0.4, 0.5) is 10.1 Å². The number of rotatable bonds is 8. The van der Waals surface area contributed by atoms with Crippen molar-refractivity contribution in [3.05, 3.63) is 53.3 Å². The van der Waals surface area contributed by atoms with Crippen LogP contribution in [-0.2, 0) is 11.2 Å². The molecule has 0 radical (unpaired) electrons. The minimum Gasteiger partial charge on any atom is -0.490 e. The number of carbonyl (C=O) groups excluding carboxylic acids is 1. The number of benzene rings is 2. The summed E-state index contributed by atoms with van der Waals surface area (Å²) < 4.78 is 21.2. The highest BCUT2D eigenvalue weighted by atomic mass is 32.1. The number of halogens is 1. The average Bonchev–Trinajstić information content (AvgIpc) is 3.17. The maximum absolute atomic E-state index is 14.7. The highest BCUT2D eigenvalue weighted by molar-refractivity contribution is 7.16. The summed E-state index contributed by atoms with van der Waals surface area (Å²) in [4.78, 5) is 16.6. The highest BCUT2D eigenvalue weighted by Crippen LogP contribution is 2.23. The van der Waals surface area contributed by atoms with E-state index in [4.69, 9.17) is 4.74 Å². The van der Waals surface area contributed by atoms with Crippen LogP contribution in [0.25, 0.3) is 10.2 Å². The number of hydrogen-bond donors (Lipinski definition) is 1. The molecule has 4 nitrogen and oxygen atoms in total. The maximum Gasteiger partial charge on any atom is 0.228 e. The first-order chi connectivity index (χ1) is 14.2. The smallest absolute Gasteiger partial charge is 0.228 e. The van der Waals surface area contributed by atoms with Crippen molar-refractivity contribution in [3.8, 4) is 17.6 Å². The topological polar surface area (TPSA) is 51.2 Å². The Bertz CT molecular complexity index is 1040. The molecule has 3 aromatic rings. The van der Waals surface area contributed by atoms with E-state index in [0.717, 1.165) is 29.5 Å². The first kappa shape index (κ1) is 20.8. The predicted molar refractivity (Wildman–Crippen MR) is 116 cm³/mol. The van der Waals surface area contributed by atoms with Crippen LogP contribution in [-0.4, -0.2) is 17.5 Å². The van der Waals surface area contributed by atoms with Crippen molar-refractivity contribution in [2.75, 3.05) is 11.9 Å². The van der Waals surface area contributed by atoms with Crippen molar-refractivity contribution < 1.29 is 13.9 Å². The average molecular weight is 411 g/mol. The van der Waals surface area contributed by atoms with Gasteiger partial charge in [0, 0.05) is 24.1 Å². The molecular formula is C23H23FN2O2S. The Morgan fingerprint density at radius 1 is 1.24 bits per heavy atom. The third-order valence-electron chi connectivity index (χ3n) is 4.27. The number of thiazole rings is 1. The minimum absolute atomic E-state index is 0.0689. The molecule has 0 bridgehead atoms. The van der Waals surface area contributed by atoms with E-state index in [1.54, 1.807) is 29.8 Å².